The Bertz CT molecular complexity index is 815. The minimum absolute atomic E-state index is 0.0150. The molecule has 0 saturated heterocycles. The molecule has 2 aromatic carbocycles. The van der Waals surface area contributed by atoms with Crippen LogP contribution < -0.4 is 9.88 Å². The van der Waals surface area contributed by atoms with Crippen LogP contribution in [0.2, 0.25) is 0 Å². The first kappa shape index (κ1) is 17.7. The monoisotopic (exact) mass is 321 g/mol. The number of fused-ring (bicyclic) bond motifs is 1. The van der Waals surface area contributed by atoms with Crippen LogP contribution in [-0.4, -0.2) is 5.91 Å². The van der Waals surface area contributed by atoms with E-state index in [-0.39, 0.29) is 5.91 Å². The van der Waals surface area contributed by atoms with Crippen molar-refractivity contribution in [3.63, 3.8) is 0 Å². The van der Waals surface area contributed by atoms with Gasteiger partial charge in [-0.3, -0.25) is 4.79 Å². The van der Waals surface area contributed by atoms with Crippen molar-refractivity contribution in [2.24, 2.45) is 0 Å². The normalized spacial score (nSPS) is 10.0. The number of nitrogens with one attached hydrogen (secondary N) is 1. The highest BCUT2D eigenvalue weighted by molar-refractivity contribution is 5.91. The molecule has 0 saturated carbocycles. The molecular weight excluding hydrogens is 296 g/mol. The molecule has 3 aromatic rings. The van der Waals surface area contributed by atoms with E-state index in [9.17, 15) is 4.79 Å². The zero-order chi connectivity index (χ0) is 17.5. The summed E-state index contributed by atoms with van der Waals surface area (Å²) in [5.74, 6) is -0.0150. The molecule has 0 fully saturated rings. The van der Waals surface area contributed by atoms with Crippen molar-refractivity contribution in [3.8, 4) is 0 Å². The lowest BCUT2D eigenvalue weighted by molar-refractivity contribution is -0.658. The van der Waals surface area contributed by atoms with E-state index in [1.54, 1.807) is 0 Å². The first-order valence-corrected chi connectivity index (χ1v) is 8.38. The van der Waals surface area contributed by atoms with Crippen molar-refractivity contribution in [2.75, 3.05) is 5.32 Å². The number of para-hydroxylation sites is 2. The molecule has 0 spiro atoms. The molecule has 1 N–H and O–H groups in total. The second-order valence-electron chi connectivity index (χ2n) is 5.51. The Morgan fingerprint density at radius 3 is 2.25 bits per heavy atom. The second kappa shape index (κ2) is 8.25. The lowest BCUT2D eigenvalue weighted by Crippen LogP contribution is -2.40. The second-order valence-corrected chi connectivity index (χ2v) is 5.51. The molecule has 0 radical (unpaired) electrons. The lowest BCUT2D eigenvalue weighted by Gasteiger charge is -2.10. The van der Waals surface area contributed by atoms with E-state index >= 15 is 0 Å². The van der Waals surface area contributed by atoms with Crippen LogP contribution in [0.4, 0.5) is 5.69 Å². The van der Waals surface area contributed by atoms with Gasteiger partial charge in [0.2, 0.25) is 12.1 Å². The van der Waals surface area contributed by atoms with Gasteiger partial charge < -0.3 is 5.32 Å². The maximum absolute atomic E-state index is 12.4. The Balaban J connectivity index is 0.00000100. The summed E-state index contributed by atoms with van der Waals surface area (Å²) in [6.45, 7) is 8.32. The number of pyridine rings is 1. The molecule has 0 bridgehead atoms. The lowest BCUT2D eigenvalue weighted by atomic mass is 10.1. The number of hydrogen-bond acceptors (Lipinski definition) is 1. The van der Waals surface area contributed by atoms with Crippen molar-refractivity contribution in [2.45, 2.75) is 34.2 Å². The van der Waals surface area contributed by atoms with E-state index in [1.807, 2.05) is 80.9 Å². The van der Waals surface area contributed by atoms with Crippen LogP contribution in [0, 0.1) is 13.8 Å². The topological polar surface area (TPSA) is 33.0 Å². The van der Waals surface area contributed by atoms with E-state index in [2.05, 4.69) is 17.4 Å². The Labute approximate surface area is 144 Å². The highest BCUT2D eigenvalue weighted by Gasteiger charge is 2.14. The third kappa shape index (κ3) is 3.99. The first-order valence-electron chi connectivity index (χ1n) is 8.38. The summed E-state index contributed by atoms with van der Waals surface area (Å²) in [6, 6.07) is 18.1. The third-order valence-electron chi connectivity index (χ3n) is 3.85. The van der Waals surface area contributed by atoms with Crippen LogP contribution in [0.3, 0.4) is 0 Å². The van der Waals surface area contributed by atoms with E-state index in [4.69, 9.17) is 0 Å². The molecule has 3 heteroatoms. The van der Waals surface area contributed by atoms with Crippen LogP contribution in [-0.2, 0) is 11.3 Å². The predicted octanol–water partition coefficient (Wildman–Crippen LogP) is 4.41. The molecule has 3 nitrogen and oxygen atoms in total. The minimum Gasteiger partial charge on any atom is -0.320 e. The third-order valence-corrected chi connectivity index (χ3v) is 3.85. The van der Waals surface area contributed by atoms with Crippen LogP contribution >= 0.6 is 0 Å². The SMILES string of the molecule is CC.Cc1cccc(C)c1NC(=O)C[n+]1cccc2ccccc21. The van der Waals surface area contributed by atoms with E-state index < -0.39 is 0 Å². The van der Waals surface area contributed by atoms with Gasteiger partial charge in [-0.1, -0.05) is 44.2 Å². The molecule has 3 rings (SSSR count). The van der Waals surface area contributed by atoms with Crippen molar-refractivity contribution in [3.05, 3.63) is 71.9 Å². The van der Waals surface area contributed by atoms with Gasteiger partial charge in [-0.05, 0) is 37.1 Å². The highest BCUT2D eigenvalue weighted by Crippen LogP contribution is 2.19. The van der Waals surface area contributed by atoms with E-state index in [0.717, 1.165) is 27.7 Å². The molecule has 124 valence electrons. The van der Waals surface area contributed by atoms with Crippen molar-refractivity contribution in [1.29, 1.82) is 0 Å². The first-order chi connectivity index (χ1) is 11.6. The van der Waals surface area contributed by atoms with Gasteiger partial charge in [0.15, 0.2) is 6.20 Å². The number of aryl methyl sites for hydroxylation is 2. The fourth-order valence-electron chi connectivity index (χ4n) is 2.70. The number of nitrogens with zero attached hydrogens (tertiary/aromatic N) is 1. The Morgan fingerprint density at radius 1 is 0.917 bits per heavy atom. The number of aromatic nitrogens is 1. The van der Waals surface area contributed by atoms with Crippen molar-refractivity contribution < 1.29 is 9.36 Å². The van der Waals surface area contributed by atoms with Crippen LogP contribution in [0.15, 0.2) is 60.8 Å². The molecule has 0 aliphatic heterocycles. The summed E-state index contributed by atoms with van der Waals surface area (Å²) >= 11 is 0. The van der Waals surface area contributed by atoms with E-state index in [1.165, 1.54) is 0 Å². The standard InChI is InChI=1S/C19H18N2O.C2H6/c1-14-7-5-8-15(2)19(14)20-18(22)13-21-12-6-10-16-9-3-4-11-17(16)21;1-2/h3-12H,13H2,1-2H3;1-2H3/p+1. The molecule has 0 atom stereocenters. The van der Waals surface area contributed by atoms with Gasteiger partial charge in [0.1, 0.15) is 0 Å². The maximum Gasteiger partial charge on any atom is 0.290 e. The number of hydrogen-bond donors (Lipinski definition) is 1. The van der Waals surface area contributed by atoms with E-state index in [0.29, 0.717) is 6.54 Å². The molecule has 0 unspecified atom stereocenters. The van der Waals surface area contributed by atoms with Crippen molar-refractivity contribution >= 4 is 22.5 Å². The van der Waals surface area contributed by atoms with Gasteiger partial charge >= 0.3 is 0 Å². The molecule has 1 amide bonds. The summed E-state index contributed by atoms with van der Waals surface area (Å²) in [5.41, 5.74) is 4.13. The molecule has 1 heterocycles. The summed E-state index contributed by atoms with van der Waals surface area (Å²) in [4.78, 5) is 12.4. The molecule has 1 aromatic heterocycles. The van der Waals surface area contributed by atoms with Crippen LogP contribution in [0.1, 0.15) is 25.0 Å². The number of anilines is 1. The van der Waals surface area contributed by atoms with Gasteiger partial charge in [0, 0.05) is 23.2 Å². The minimum atomic E-state index is -0.0150. The van der Waals surface area contributed by atoms with Gasteiger partial charge in [0.25, 0.3) is 5.91 Å². The number of carbonyl (C=O) groups is 1. The number of carbonyl (C=O) groups excluding carboxylic acids is 1. The quantitative estimate of drug-likeness (QED) is 0.712. The fraction of sp³-hybridized carbons (Fsp3) is 0.238. The highest BCUT2D eigenvalue weighted by atomic mass is 16.1. The van der Waals surface area contributed by atoms with Gasteiger partial charge in [-0.2, -0.15) is 4.57 Å². The number of benzene rings is 2. The average Bonchev–Trinajstić information content (AvgIpc) is 2.60. The molecule has 24 heavy (non-hydrogen) atoms. The van der Waals surface area contributed by atoms with Gasteiger partial charge in [0.05, 0.1) is 0 Å². The average molecular weight is 321 g/mol. The van der Waals surface area contributed by atoms with Crippen molar-refractivity contribution in [1.82, 2.24) is 0 Å². The summed E-state index contributed by atoms with van der Waals surface area (Å²) in [6.07, 6.45) is 1.94. The number of amides is 1. The summed E-state index contributed by atoms with van der Waals surface area (Å²) in [5, 5.41) is 4.16. The fourth-order valence-corrected chi connectivity index (χ4v) is 2.70. The zero-order valence-electron chi connectivity index (χ0n) is 14.8. The van der Waals surface area contributed by atoms with Crippen LogP contribution in [0.5, 0.6) is 0 Å². The zero-order valence-corrected chi connectivity index (χ0v) is 14.8. The molecule has 0 aliphatic carbocycles. The van der Waals surface area contributed by atoms with Crippen LogP contribution in [0.25, 0.3) is 10.9 Å². The summed E-state index contributed by atoms with van der Waals surface area (Å²) < 4.78 is 1.97. The Morgan fingerprint density at radius 2 is 1.54 bits per heavy atom. The predicted molar refractivity (Wildman–Crippen MR) is 100 cm³/mol. The van der Waals surface area contributed by atoms with Gasteiger partial charge in [-0.25, -0.2) is 0 Å². The Kier molecular flexibility index (Phi) is 6.07. The maximum atomic E-state index is 12.4. The number of rotatable bonds is 3. The van der Waals surface area contributed by atoms with Gasteiger partial charge in [-0.15, -0.1) is 0 Å². The molecular formula is C21H25N2O+. The smallest absolute Gasteiger partial charge is 0.290 e. The largest absolute Gasteiger partial charge is 0.320 e. The Hall–Kier alpha value is -2.68. The summed E-state index contributed by atoms with van der Waals surface area (Å²) in [7, 11) is 0. The molecule has 0 aliphatic rings.